The van der Waals surface area contributed by atoms with E-state index in [1.807, 2.05) is 6.07 Å². The zero-order chi connectivity index (χ0) is 14.2. The van der Waals surface area contributed by atoms with Crippen LogP contribution >= 0.6 is 0 Å². The van der Waals surface area contributed by atoms with Crippen LogP contribution in [-0.4, -0.2) is 37.2 Å². The Bertz CT molecular complexity index is 386. The number of ether oxygens (including phenoxy) is 1. The third-order valence-corrected chi connectivity index (χ3v) is 3.84. The van der Waals surface area contributed by atoms with Gasteiger partial charge in [0.05, 0.1) is 12.3 Å². The van der Waals surface area contributed by atoms with Crippen molar-refractivity contribution in [3.05, 3.63) is 24.3 Å². The molecule has 0 saturated carbocycles. The van der Waals surface area contributed by atoms with Gasteiger partial charge in [0.1, 0.15) is 5.75 Å². The number of hydrogen-bond acceptors (Lipinski definition) is 3. The highest BCUT2D eigenvalue weighted by Gasteiger charge is 2.19. The van der Waals surface area contributed by atoms with Crippen LogP contribution in [0, 0.1) is 0 Å². The van der Waals surface area contributed by atoms with Crippen LogP contribution in [0.25, 0.3) is 0 Å². The van der Waals surface area contributed by atoms with Crippen LogP contribution < -0.4 is 10.1 Å². The minimum absolute atomic E-state index is 0.578. The Kier molecular flexibility index (Phi) is 6.19. The Morgan fingerprint density at radius 3 is 2.60 bits per heavy atom. The highest BCUT2D eigenvalue weighted by molar-refractivity contribution is 5.56. The first kappa shape index (κ1) is 15.2. The lowest BCUT2D eigenvalue weighted by Crippen LogP contribution is -2.39. The average molecular weight is 276 g/mol. The Labute approximate surface area is 123 Å². The van der Waals surface area contributed by atoms with Gasteiger partial charge in [-0.1, -0.05) is 26.0 Å². The number of benzene rings is 1. The van der Waals surface area contributed by atoms with Crippen molar-refractivity contribution in [1.29, 1.82) is 0 Å². The minimum Gasteiger partial charge on any atom is -0.491 e. The molecule has 0 aromatic heterocycles. The summed E-state index contributed by atoms with van der Waals surface area (Å²) in [5.74, 6) is 0.991. The normalized spacial score (nSPS) is 17.1. The Hall–Kier alpha value is -1.22. The van der Waals surface area contributed by atoms with Gasteiger partial charge in [0.25, 0.3) is 0 Å². The van der Waals surface area contributed by atoms with Gasteiger partial charge in [-0.05, 0) is 44.4 Å². The van der Waals surface area contributed by atoms with Crippen molar-refractivity contribution in [1.82, 2.24) is 4.90 Å². The molecular formula is C17H28N2O. The first-order chi connectivity index (χ1) is 9.83. The molecule has 2 rings (SSSR count). The third-order valence-electron chi connectivity index (χ3n) is 3.84. The monoisotopic (exact) mass is 276 g/mol. The molecule has 1 aliphatic rings. The van der Waals surface area contributed by atoms with E-state index in [0.29, 0.717) is 6.04 Å². The third kappa shape index (κ3) is 4.41. The van der Waals surface area contributed by atoms with Crippen molar-refractivity contribution in [2.24, 2.45) is 0 Å². The molecule has 1 saturated heterocycles. The van der Waals surface area contributed by atoms with Gasteiger partial charge in [-0.3, -0.25) is 0 Å². The summed E-state index contributed by atoms with van der Waals surface area (Å²) in [6.45, 7) is 8.84. The van der Waals surface area contributed by atoms with Gasteiger partial charge in [0, 0.05) is 19.1 Å². The highest BCUT2D eigenvalue weighted by atomic mass is 16.5. The lowest BCUT2D eigenvalue weighted by atomic mass is 10.0. The molecule has 20 heavy (non-hydrogen) atoms. The van der Waals surface area contributed by atoms with Crippen LogP contribution in [0.1, 0.15) is 39.5 Å². The first-order valence-corrected chi connectivity index (χ1v) is 8.04. The molecule has 1 N–H and O–H groups in total. The van der Waals surface area contributed by atoms with Crippen molar-refractivity contribution in [3.63, 3.8) is 0 Å². The van der Waals surface area contributed by atoms with Crippen molar-refractivity contribution in [2.45, 2.75) is 45.6 Å². The number of anilines is 1. The zero-order valence-corrected chi connectivity index (χ0v) is 12.9. The predicted molar refractivity (Wildman–Crippen MR) is 85.6 cm³/mol. The summed E-state index contributed by atoms with van der Waals surface area (Å²) < 4.78 is 5.81. The molecule has 1 aliphatic heterocycles. The summed E-state index contributed by atoms with van der Waals surface area (Å²) in [5.41, 5.74) is 1.15. The van der Waals surface area contributed by atoms with E-state index in [1.165, 1.54) is 38.9 Å². The van der Waals surface area contributed by atoms with Crippen molar-refractivity contribution < 1.29 is 4.74 Å². The minimum atomic E-state index is 0.578. The summed E-state index contributed by atoms with van der Waals surface area (Å²) in [4.78, 5) is 2.57. The lowest BCUT2D eigenvalue weighted by Gasteiger charge is -2.32. The molecule has 1 aromatic carbocycles. The van der Waals surface area contributed by atoms with Gasteiger partial charge in [0.2, 0.25) is 0 Å². The lowest BCUT2D eigenvalue weighted by molar-refractivity contribution is 0.219. The molecule has 3 nitrogen and oxygen atoms in total. The second kappa shape index (κ2) is 8.15. The van der Waals surface area contributed by atoms with Gasteiger partial charge in [0.15, 0.2) is 0 Å². The summed E-state index contributed by atoms with van der Waals surface area (Å²) in [6.07, 6.45) is 4.75. The molecule has 0 spiro atoms. The zero-order valence-electron chi connectivity index (χ0n) is 12.9. The van der Waals surface area contributed by atoms with Gasteiger partial charge >= 0.3 is 0 Å². The number of likely N-dealkylation sites (tertiary alicyclic amines) is 1. The molecule has 3 heteroatoms. The number of para-hydroxylation sites is 2. The van der Waals surface area contributed by atoms with Crippen LogP contribution in [0.5, 0.6) is 5.75 Å². The van der Waals surface area contributed by atoms with E-state index in [9.17, 15) is 0 Å². The molecule has 1 heterocycles. The second-order valence-electron chi connectivity index (χ2n) is 5.60. The first-order valence-electron chi connectivity index (χ1n) is 8.04. The maximum Gasteiger partial charge on any atom is 0.142 e. The van der Waals surface area contributed by atoms with E-state index >= 15 is 0 Å². The van der Waals surface area contributed by atoms with E-state index in [-0.39, 0.29) is 0 Å². The fraction of sp³-hybridized carbons (Fsp3) is 0.647. The predicted octanol–water partition coefficient (Wildman–Crippen LogP) is 3.76. The summed E-state index contributed by atoms with van der Waals surface area (Å²) in [6, 6.07) is 8.88. The van der Waals surface area contributed by atoms with E-state index in [2.05, 4.69) is 42.3 Å². The molecule has 0 amide bonds. The number of hydrogen-bond donors (Lipinski definition) is 1. The Morgan fingerprint density at radius 1 is 1.15 bits per heavy atom. The van der Waals surface area contributed by atoms with E-state index in [0.717, 1.165) is 24.5 Å². The van der Waals surface area contributed by atoms with Crippen LogP contribution in [0.4, 0.5) is 5.69 Å². The van der Waals surface area contributed by atoms with E-state index < -0.39 is 0 Å². The van der Waals surface area contributed by atoms with Crippen LogP contribution in [0.3, 0.4) is 0 Å². The fourth-order valence-corrected chi connectivity index (χ4v) is 2.76. The average Bonchev–Trinajstić information content (AvgIpc) is 2.49. The van der Waals surface area contributed by atoms with Crippen molar-refractivity contribution in [2.75, 3.05) is 31.6 Å². The molecule has 0 atom stereocenters. The molecule has 0 bridgehead atoms. The van der Waals surface area contributed by atoms with Crippen molar-refractivity contribution in [3.8, 4) is 5.75 Å². The van der Waals surface area contributed by atoms with E-state index in [4.69, 9.17) is 4.74 Å². The highest BCUT2D eigenvalue weighted by Crippen LogP contribution is 2.26. The molecule has 0 unspecified atom stereocenters. The summed E-state index contributed by atoms with van der Waals surface area (Å²) >= 11 is 0. The summed E-state index contributed by atoms with van der Waals surface area (Å²) in [5, 5.41) is 3.67. The quantitative estimate of drug-likeness (QED) is 0.820. The largest absolute Gasteiger partial charge is 0.491 e. The number of piperidine rings is 1. The maximum atomic E-state index is 5.81. The standard InChI is InChI=1S/C17H28N2O/c1-3-11-19-12-9-15(10-13-19)18-16-7-5-6-8-17(16)20-14-4-2/h5-8,15,18H,3-4,9-14H2,1-2H3. The van der Waals surface area contributed by atoms with Crippen molar-refractivity contribution >= 4 is 5.69 Å². The topological polar surface area (TPSA) is 24.5 Å². The Balaban J connectivity index is 1.87. The molecular weight excluding hydrogens is 248 g/mol. The molecule has 0 radical (unpaired) electrons. The van der Waals surface area contributed by atoms with Crippen LogP contribution in [-0.2, 0) is 0 Å². The second-order valence-corrected chi connectivity index (χ2v) is 5.60. The number of nitrogens with one attached hydrogen (secondary N) is 1. The molecule has 112 valence electrons. The Morgan fingerprint density at radius 2 is 1.90 bits per heavy atom. The molecule has 1 aromatic rings. The molecule has 0 aliphatic carbocycles. The van der Waals surface area contributed by atoms with Gasteiger partial charge in [-0.15, -0.1) is 0 Å². The number of rotatable bonds is 7. The SMILES string of the molecule is CCCOc1ccccc1NC1CCN(CCC)CC1. The summed E-state index contributed by atoms with van der Waals surface area (Å²) in [7, 11) is 0. The maximum absolute atomic E-state index is 5.81. The van der Waals surface area contributed by atoms with Gasteiger partial charge in [-0.2, -0.15) is 0 Å². The van der Waals surface area contributed by atoms with Gasteiger partial charge in [-0.25, -0.2) is 0 Å². The van der Waals surface area contributed by atoms with Crippen LogP contribution in [0.2, 0.25) is 0 Å². The van der Waals surface area contributed by atoms with Crippen LogP contribution in [0.15, 0.2) is 24.3 Å². The van der Waals surface area contributed by atoms with Gasteiger partial charge < -0.3 is 15.0 Å². The smallest absolute Gasteiger partial charge is 0.142 e. The molecule has 1 fully saturated rings. The number of nitrogens with zero attached hydrogens (tertiary/aromatic N) is 1. The fourth-order valence-electron chi connectivity index (χ4n) is 2.76. The van der Waals surface area contributed by atoms with E-state index in [1.54, 1.807) is 0 Å².